The Bertz CT molecular complexity index is 941. The molecule has 0 amide bonds. The van der Waals surface area contributed by atoms with Crippen molar-refractivity contribution in [1.82, 2.24) is 0 Å². The van der Waals surface area contributed by atoms with Crippen molar-refractivity contribution < 1.29 is 23.9 Å². The third-order valence-electron chi connectivity index (χ3n) is 9.93. The van der Waals surface area contributed by atoms with Gasteiger partial charge in [-0.15, -0.1) is 0 Å². The molecule has 4 aliphatic rings. The summed E-state index contributed by atoms with van der Waals surface area (Å²) in [6, 6.07) is 9.20. The molecule has 0 bridgehead atoms. The van der Waals surface area contributed by atoms with Gasteiger partial charge in [-0.2, -0.15) is 0 Å². The fourth-order valence-electron chi connectivity index (χ4n) is 8.15. The topological polar surface area (TPSA) is 69.7 Å². The molecule has 4 aliphatic carbocycles. The van der Waals surface area contributed by atoms with Crippen molar-refractivity contribution in [3.8, 4) is 0 Å². The Labute approximate surface area is 196 Å². The van der Waals surface area contributed by atoms with Crippen LogP contribution in [0.15, 0.2) is 30.3 Å². The lowest BCUT2D eigenvalue weighted by Gasteiger charge is -2.59. The minimum atomic E-state index is -0.254. The van der Waals surface area contributed by atoms with E-state index in [2.05, 4.69) is 13.8 Å². The Morgan fingerprint density at radius 1 is 0.909 bits per heavy atom. The zero-order valence-corrected chi connectivity index (χ0v) is 20.0. The van der Waals surface area contributed by atoms with Crippen LogP contribution >= 0.6 is 0 Å². The van der Waals surface area contributed by atoms with Gasteiger partial charge in [-0.3, -0.25) is 9.59 Å². The van der Waals surface area contributed by atoms with Crippen molar-refractivity contribution in [3.05, 3.63) is 35.9 Å². The van der Waals surface area contributed by atoms with Crippen molar-refractivity contribution >= 4 is 17.7 Å². The number of Topliss-reactive ketones (excluding diaryl/α,β-unsaturated/α-hetero) is 1. The molecule has 0 heterocycles. The molecule has 4 saturated carbocycles. The molecule has 0 spiro atoms. The zero-order chi connectivity index (χ0) is 23.4. The Morgan fingerprint density at radius 2 is 1.61 bits per heavy atom. The maximum atomic E-state index is 13.6. The smallest absolute Gasteiger partial charge is 0.338 e. The molecule has 5 heteroatoms. The predicted molar refractivity (Wildman–Crippen MR) is 123 cm³/mol. The van der Waals surface area contributed by atoms with Crippen LogP contribution in [0.4, 0.5) is 0 Å². The van der Waals surface area contributed by atoms with Crippen LogP contribution in [0.25, 0.3) is 0 Å². The number of hydrogen-bond acceptors (Lipinski definition) is 5. The van der Waals surface area contributed by atoms with Gasteiger partial charge in [0, 0.05) is 24.7 Å². The fourth-order valence-corrected chi connectivity index (χ4v) is 8.15. The van der Waals surface area contributed by atoms with E-state index in [1.54, 1.807) is 12.1 Å². The van der Waals surface area contributed by atoms with Gasteiger partial charge in [0.25, 0.3) is 0 Å². The summed E-state index contributed by atoms with van der Waals surface area (Å²) in [6.45, 7) is 6.11. The molecule has 1 aromatic carbocycles. The lowest BCUT2D eigenvalue weighted by atomic mass is 9.45. The molecule has 5 nitrogen and oxygen atoms in total. The standard InChI is InChI=1S/C28H36O5/c1-17(29)32-20-11-13-27(2)19(15-20)16-23(30)25-21-9-10-24(28(21,3)14-12-22(25)27)33-26(31)18-7-5-4-6-8-18/h4-8,19-22,24-25H,9-16H2,1-3H3/t19-,20-,21+,22+,24-,25-,27-,28+/m0/s1. The van der Waals surface area contributed by atoms with Crippen molar-refractivity contribution in [2.24, 2.45) is 34.5 Å². The molecule has 0 saturated heterocycles. The number of ketones is 1. The van der Waals surface area contributed by atoms with Crippen LogP contribution < -0.4 is 0 Å². The molecule has 0 radical (unpaired) electrons. The fraction of sp³-hybridized carbons (Fsp3) is 0.679. The van der Waals surface area contributed by atoms with Gasteiger partial charge >= 0.3 is 11.9 Å². The highest BCUT2D eigenvalue weighted by atomic mass is 16.5. The number of fused-ring (bicyclic) bond motifs is 5. The molecule has 178 valence electrons. The van der Waals surface area contributed by atoms with E-state index >= 15 is 0 Å². The normalized spacial score (nSPS) is 42.0. The van der Waals surface area contributed by atoms with Gasteiger partial charge in [0.05, 0.1) is 5.56 Å². The second-order valence-corrected chi connectivity index (χ2v) is 11.5. The second kappa shape index (κ2) is 8.25. The third-order valence-corrected chi connectivity index (χ3v) is 9.93. The van der Waals surface area contributed by atoms with Crippen molar-refractivity contribution in [3.63, 3.8) is 0 Å². The number of ether oxygens (including phenoxy) is 2. The van der Waals surface area contributed by atoms with E-state index in [1.165, 1.54) is 6.92 Å². The molecule has 33 heavy (non-hydrogen) atoms. The molecule has 0 aliphatic heterocycles. The molecular weight excluding hydrogens is 416 g/mol. The highest BCUT2D eigenvalue weighted by Crippen LogP contribution is 2.65. The quantitative estimate of drug-likeness (QED) is 0.577. The summed E-state index contributed by atoms with van der Waals surface area (Å²) in [5.41, 5.74) is 0.571. The first-order chi connectivity index (χ1) is 15.7. The summed E-state index contributed by atoms with van der Waals surface area (Å²) in [7, 11) is 0. The molecule has 0 N–H and O–H groups in total. The number of rotatable bonds is 3. The van der Waals surface area contributed by atoms with E-state index in [-0.39, 0.29) is 46.8 Å². The first-order valence-electron chi connectivity index (χ1n) is 12.7. The molecule has 4 fully saturated rings. The zero-order valence-electron chi connectivity index (χ0n) is 20.0. The average Bonchev–Trinajstić information content (AvgIpc) is 3.11. The second-order valence-electron chi connectivity index (χ2n) is 11.5. The van der Waals surface area contributed by atoms with E-state index in [4.69, 9.17) is 9.47 Å². The molecular formula is C28H36O5. The van der Waals surface area contributed by atoms with E-state index in [1.807, 2.05) is 18.2 Å². The maximum absolute atomic E-state index is 13.6. The summed E-state index contributed by atoms with van der Waals surface area (Å²) in [5.74, 6) is 0.925. The van der Waals surface area contributed by atoms with Gasteiger partial charge in [0.2, 0.25) is 0 Å². The van der Waals surface area contributed by atoms with Gasteiger partial charge in [-0.05, 0) is 80.2 Å². The van der Waals surface area contributed by atoms with Gasteiger partial charge in [-0.1, -0.05) is 32.0 Å². The van der Waals surface area contributed by atoms with Crippen molar-refractivity contribution in [1.29, 1.82) is 0 Å². The average molecular weight is 453 g/mol. The van der Waals surface area contributed by atoms with Gasteiger partial charge in [0.1, 0.15) is 18.0 Å². The summed E-state index contributed by atoms with van der Waals surface area (Å²) in [5, 5.41) is 0. The molecule has 8 atom stereocenters. The van der Waals surface area contributed by atoms with Crippen LogP contribution in [0.2, 0.25) is 0 Å². The number of hydrogen-bond donors (Lipinski definition) is 0. The summed E-state index contributed by atoms with van der Waals surface area (Å²) < 4.78 is 11.6. The van der Waals surface area contributed by atoms with Crippen LogP contribution in [0.5, 0.6) is 0 Å². The largest absolute Gasteiger partial charge is 0.463 e. The predicted octanol–water partition coefficient (Wildman–Crippen LogP) is 5.37. The summed E-state index contributed by atoms with van der Waals surface area (Å²) in [6.07, 6.45) is 6.92. The van der Waals surface area contributed by atoms with Gasteiger partial charge in [-0.25, -0.2) is 4.79 Å². The number of carbonyl (C=O) groups is 3. The van der Waals surface area contributed by atoms with E-state index in [0.717, 1.165) is 44.9 Å². The van der Waals surface area contributed by atoms with Crippen molar-refractivity contribution in [2.75, 3.05) is 0 Å². The van der Waals surface area contributed by atoms with Crippen LogP contribution in [-0.4, -0.2) is 29.9 Å². The van der Waals surface area contributed by atoms with Crippen LogP contribution in [-0.2, 0) is 19.1 Å². The minimum absolute atomic E-state index is 0.0490. The highest BCUT2D eigenvalue weighted by molar-refractivity contribution is 5.89. The lowest BCUT2D eigenvalue weighted by Crippen LogP contribution is -2.58. The highest BCUT2D eigenvalue weighted by Gasteiger charge is 2.63. The van der Waals surface area contributed by atoms with E-state index < -0.39 is 0 Å². The first-order valence-corrected chi connectivity index (χ1v) is 12.7. The monoisotopic (exact) mass is 452 g/mol. The van der Waals surface area contributed by atoms with E-state index in [9.17, 15) is 14.4 Å². The van der Waals surface area contributed by atoms with E-state index in [0.29, 0.717) is 29.6 Å². The minimum Gasteiger partial charge on any atom is -0.463 e. The van der Waals surface area contributed by atoms with Crippen molar-refractivity contribution in [2.45, 2.75) is 84.3 Å². The Morgan fingerprint density at radius 3 is 2.33 bits per heavy atom. The Kier molecular flexibility index (Phi) is 5.65. The SMILES string of the molecule is CC(=O)O[C@H]1CC[C@@]2(C)[C@H](CC(=O)[C@@H]3[C@H]2CC[C@@]2(C)[C@@H](OC(=O)c4ccccc4)CC[C@H]32)C1. The van der Waals surface area contributed by atoms with Gasteiger partial charge < -0.3 is 9.47 Å². The third kappa shape index (κ3) is 3.72. The van der Waals surface area contributed by atoms with Gasteiger partial charge in [0.15, 0.2) is 0 Å². The van der Waals surface area contributed by atoms with Crippen LogP contribution in [0.1, 0.15) is 82.5 Å². The first kappa shape index (κ1) is 22.6. The molecule has 1 aromatic rings. The lowest BCUT2D eigenvalue weighted by molar-refractivity contribution is -0.168. The Hall–Kier alpha value is -2.17. The van der Waals surface area contributed by atoms with Crippen LogP contribution in [0.3, 0.4) is 0 Å². The number of esters is 2. The number of benzene rings is 1. The summed E-state index contributed by atoms with van der Waals surface area (Å²) >= 11 is 0. The summed E-state index contributed by atoms with van der Waals surface area (Å²) in [4.78, 5) is 37.8. The number of carbonyl (C=O) groups excluding carboxylic acids is 3. The Balaban J connectivity index is 1.34. The molecule has 5 rings (SSSR count). The molecule has 0 aromatic heterocycles. The maximum Gasteiger partial charge on any atom is 0.338 e. The molecule has 0 unspecified atom stereocenters. The van der Waals surface area contributed by atoms with Crippen LogP contribution in [0, 0.1) is 34.5 Å².